The zero-order valence-electron chi connectivity index (χ0n) is 9.48. The summed E-state index contributed by atoms with van der Waals surface area (Å²) in [4.78, 5) is 11.4. The number of benzene rings is 1. The van der Waals surface area contributed by atoms with Gasteiger partial charge in [-0.3, -0.25) is 0 Å². The third-order valence-electron chi connectivity index (χ3n) is 2.24. The summed E-state index contributed by atoms with van der Waals surface area (Å²) in [5, 5.41) is 9.78. The second kappa shape index (κ2) is 4.85. The summed E-state index contributed by atoms with van der Waals surface area (Å²) in [5.41, 5.74) is 6.42. The Bertz CT molecular complexity index is 401. The van der Waals surface area contributed by atoms with Crippen molar-refractivity contribution in [1.29, 1.82) is 0 Å². The van der Waals surface area contributed by atoms with E-state index in [1.54, 1.807) is 6.92 Å². The van der Waals surface area contributed by atoms with Crippen LogP contribution in [0.1, 0.15) is 28.9 Å². The first-order valence-corrected chi connectivity index (χ1v) is 4.76. The number of hydrogen-bond acceptors (Lipinski definition) is 5. The number of ether oxygens (including phenoxy) is 2. The van der Waals surface area contributed by atoms with Gasteiger partial charge in [0.05, 0.1) is 19.8 Å². The second-order valence-corrected chi connectivity index (χ2v) is 3.40. The van der Waals surface area contributed by atoms with E-state index in [2.05, 4.69) is 4.74 Å². The van der Waals surface area contributed by atoms with Gasteiger partial charge in [-0.2, -0.15) is 0 Å². The minimum absolute atomic E-state index is 0.0508. The van der Waals surface area contributed by atoms with Gasteiger partial charge >= 0.3 is 5.97 Å². The summed E-state index contributed by atoms with van der Waals surface area (Å²) in [5.74, 6) is -0.347. The molecule has 3 N–H and O–H groups in total. The lowest BCUT2D eigenvalue weighted by atomic mass is 10.0. The molecule has 0 heterocycles. The molecule has 0 bridgehead atoms. The number of nitrogens with two attached hydrogens (primary N) is 1. The topological polar surface area (TPSA) is 81.8 Å². The van der Waals surface area contributed by atoms with Gasteiger partial charge in [-0.25, -0.2) is 4.79 Å². The van der Waals surface area contributed by atoms with E-state index in [9.17, 15) is 9.90 Å². The van der Waals surface area contributed by atoms with E-state index in [1.807, 2.05) is 0 Å². The molecule has 1 aromatic rings. The summed E-state index contributed by atoms with van der Waals surface area (Å²) < 4.78 is 9.55. The molecular formula is C11H15NO4. The Kier molecular flexibility index (Phi) is 3.73. The predicted octanol–water partition coefficient (Wildman–Crippen LogP) is 1.21. The Hall–Kier alpha value is -1.75. The lowest BCUT2D eigenvalue weighted by molar-refractivity contribution is 0.0600. The van der Waals surface area contributed by atoms with Crippen LogP contribution < -0.4 is 10.5 Å². The molecule has 0 aliphatic heterocycles. The van der Waals surface area contributed by atoms with E-state index in [-0.39, 0.29) is 11.5 Å². The van der Waals surface area contributed by atoms with Crippen LogP contribution in [0.4, 0.5) is 0 Å². The molecule has 16 heavy (non-hydrogen) atoms. The maximum Gasteiger partial charge on any atom is 0.337 e. The molecule has 0 saturated carbocycles. The van der Waals surface area contributed by atoms with E-state index < -0.39 is 12.0 Å². The Morgan fingerprint density at radius 1 is 1.44 bits per heavy atom. The first kappa shape index (κ1) is 12.3. The zero-order chi connectivity index (χ0) is 12.3. The van der Waals surface area contributed by atoms with Crippen LogP contribution >= 0.6 is 0 Å². The van der Waals surface area contributed by atoms with Crippen molar-refractivity contribution in [2.75, 3.05) is 14.2 Å². The van der Waals surface area contributed by atoms with Crippen LogP contribution in [0.25, 0.3) is 0 Å². The van der Waals surface area contributed by atoms with Gasteiger partial charge in [0.25, 0.3) is 0 Å². The van der Waals surface area contributed by atoms with Crippen molar-refractivity contribution in [3.8, 4) is 11.5 Å². The first-order chi connectivity index (χ1) is 7.51. The van der Waals surface area contributed by atoms with Crippen LogP contribution in [0.15, 0.2) is 12.1 Å². The van der Waals surface area contributed by atoms with E-state index >= 15 is 0 Å². The number of carbonyl (C=O) groups excluding carboxylic acids is 1. The van der Waals surface area contributed by atoms with E-state index in [0.717, 1.165) is 0 Å². The van der Waals surface area contributed by atoms with Crippen LogP contribution in [0.5, 0.6) is 11.5 Å². The highest BCUT2D eigenvalue weighted by Gasteiger charge is 2.17. The molecule has 1 unspecified atom stereocenters. The summed E-state index contributed by atoms with van der Waals surface area (Å²) in [6.07, 6.45) is 0. The van der Waals surface area contributed by atoms with Gasteiger partial charge in [-0.15, -0.1) is 0 Å². The van der Waals surface area contributed by atoms with E-state index in [4.69, 9.17) is 10.5 Å². The molecule has 0 spiro atoms. The standard InChI is InChI=1S/C11H15NO4/c1-6(12)8-4-7(11(14)16-3)5-9(15-2)10(8)13/h4-6,13H,12H2,1-3H3. The average molecular weight is 225 g/mol. The fourth-order valence-electron chi connectivity index (χ4n) is 1.37. The molecule has 0 saturated heterocycles. The maximum absolute atomic E-state index is 11.4. The summed E-state index contributed by atoms with van der Waals surface area (Å²) in [7, 11) is 2.69. The van der Waals surface area contributed by atoms with Crippen molar-refractivity contribution in [3.63, 3.8) is 0 Å². The first-order valence-electron chi connectivity index (χ1n) is 4.76. The fourth-order valence-corrected chi connectivity index (χ4v) is 1.37. The number of methoxy groups -OCH3 is 2. The van der Waals surface area contributed by atoms with Crippen molar-refractivity contribution in [3.05, 3.63) is 23.3 Å². The van der Waals surface area contributed by atoms with E-state index in [1.165, 1.54) is 26.4 Å². The SMILES string of the molecule is COC(=O)c1cc(OC)c(O)c(C(C)N)c1. The highest BCUT2D eigenvalue weighted by Crippen LogP contribution is 2.34. The van der Waals surface area contributed by atoms with Crippen molar-refractivity contribution >= 4 is 5.97 Å². The van der Waals surface area contributed by atoms with Gasteiger partial charge < -0.3 is 20.3 Å². The average Bonchev–Trinajstić information content (AvgIpc) is 2.27. The number of phenolic OH excluding ortho intramolecular Hbond substituents is 1. The van der Waals surface area contributed by atoms with Crippen molar-refractivity contribution in [1.82, 2.24) is 0 Å². The molecule has 88 valence electrons. The molecule has 5 heteroatoms. The van der Waals surface area contributed by atoms with Crippen LogP contribution in [-0.2, 0) is 4.74 Å². The number of carbonyl (C=O) groups is 1. The summed E-state index contributed by atoms with van der Waals surface area (Å²) >= 11 is 0. The summed E-state index contributed by atoms with van der Waals surface area (Å²) in [6.45, 7) is 1.70. The number of phenols is 1. The van der Waals surface area contributed by atoms with Gasteiger partial charge in [0.1, 0.15) is 0 Å². The number of esters is 1. The lowest BCUT2D eigenvalue weighted by Gasteiger charge is -2.13. The van der Waals surface area contributed by atoms with Crippen LogP contribution in [0.3, 0.4) is 0 Å². The zero-order valence-corrected chi connectivity index (χ0v) is 9.48. The number of hydrogen-bond donors (Lipinski definition) is 2. The molecule has 1 aromatic carbocycles. The van der Waals surface area contributed by atoms with Crippen molar-refractivity contribution in [2.24, 2.45) is 5.73 Å². The van der Waals surface area contributed by atoms with Crippen molar-refractivity contribution < 1.29 is 19.4 Å². The molecule has 1 rings (SSSR count). The molecular weight excluding hydrogens is 210 g/mol. The third-order valence-corrected chi connectivity index (χ3v) is 2.24. The second-order valence-electron chi connectivity index (χ2n) is 3.40. The fraction of sp³-hybridized carbons (Fsp3) is 0.364. The normalized spacial score (nSPS) is 12.0. The Morgan fingerprint density at radius 2 is 2.06 bits per heavy atom. The Morgan fingerprint density at radius 3 is 2.50 bits per heavy atom. The summed E-state index contributed by atoms with van der Waals surface area (Å²) in [6, 6.07) is 2.50. The maximum atomic E-state index is 11.4. The van der Waals surface area contributed by atoms with Crippen LogP contribution in [0.2, 0.25) is 0 Å². The van der Waals surface area contributed by atoms with E-state index in [0.29, 0.717) is 11.1 Å². The third kappa shape index (κ3) is 2.25. The van der Waals surface area contributed by atoms with Gasteiger partial charge in [0.15, 0.2) is 11.5 Å². The van der Waals surface area contributed by atoms with Gasteiger partial charge in [-0.05, 0) is 19.1 Å². The number of aromatic hydroxyl groups is 1. The highest BCUT2D eigenvalue weighted by molar-refractivity contribution is 5.90. The minimum Gasteiger partial charge on any atom is -0.504 e. The molecule has 0 aliphatic carbocycles. The molecule has 0 aromatic heterocycles. The minimum atomic E-state index is -0.500. The molecule has 5 nitrogen and oxygen atoms in total. The van der Waals surface area contributed by atoms with Gasteiger partial charge in [-0.1, -0.05) is 0 Å². The molecule has 0 aliphatic rings. The van der Waals surface area contributed by atoms with Crippen molar-refractivity contribution in [2.45, 2.75) is 13.0 Å². The lowest BCUT2D eigenvalue weighted by Crippen LogP contribution is -2.09. The smallest absolute Gasteiger partial charge is 0.337 e. The monoisotopic (exact) mass is 225 g/mol. The molecule has 1 atom stereocenters. The Labute approximate surface area is 93.8 Å². The van der Waals surface area contributed by atoms with Gasteiger partial charge in [0, 0.05) is 11.6 Å². The highest BCUT2D eigenvalue weighted by atomic mass is 16.5. The quantitative estimate of drug-likeness (QED) is 0.755. The number of rotatable bonds is 3. The predicted molar refractivity (Wildman–Crippen MR) is 58.6 cm³/mol. The molecule has 0 radical (unpaired) electrons. The molecule has 0 fully saturated rings. The largest absolute Gasteiger partial charge is 0.504 e. The van der Waals surface area contributed by atoms with Gasteiger partial charge in [0.2, 0.25) is 0 Å². The Balaban J connectivity index is 3.34. The molecule has 0 amide bonds. The van der Waals surface area contributed by atoms with Crippen LogP contribution in [-0.4, -0.2) is 25.3 Å². The van der Waals surface area contributed by atoms with Crippen LogP contribution in [0, 0.1) is 0 Å².